The fourth-order valence-electron chi connectivity index (χ4n) is 3.47. The molecule has 0 radical (unpaired) electrons. The lowest BCUT2D eigenvalue weighted by Gasteiger charge is -2.09. The third-order valence-electron chi connectivity index (χ3n) is 4.84. The van der Waals surface area contributed by atoms with Crippen molar-refractivity contribution in [1.29, 1.82) is 0 Å². The first kappa shape index (κ1) is 17.9. The SMILES string of the molecule is CCc1cccc2c1N=CC2=Cc1sc(=S)n(-c2ccc(C)cc2C)c1O. The number of rotatable bonds is 3. The Kier molecular flexibility index (Phi) is 4.58. The molecular weight excluding hydrogens is 372 g/mol. The molecule has 0 amide bonds. The Morgan fingerprint density at radius 3 is 2.78 bits per heavy atom. The second kappa shape index (κ2) is 6.91. The van der Waals surface area contributed by atoms with E-state index in [4.69, 9.17) is 12.2 Å². The summed E-state index contributed by atoms with van der Waals surface area (Å²) in [4.78, 5) is 5.33. The summed E-state index contributed by atoms with van der Waals surface area (Å²) in [6.07, 6.45) is 4.79. The number of hydrogen-bond donors (Lipinski definition) is 1. The molecule has 0 saturated heterocycles. The van der Waals surface area contributed by atoms with Crippen LogP contribution in [-0.4, -0.2) is 15.9 Å². The molecule has 3 aromatic rings. The molecule has 0 spiro atoms. The molecule has 0 saturated carbocycles. The van der Waals surface area contributed by atoms with Crippen LogP contribution >= 0.6 is 23.6 Å². The van der Waals surface area contributed by atoms with Gasteiger partial charge in [-0.05, 0) is 55.8 Å². The molecule has 2 heterocycles. The van der Waals surface area contributed by atoms with Gasteiger partial charge >= 0.3 is 0 Å². The quantitative estimate of drug-likeness (QED) is 0.523. The van der Waals surface area contributed by atoms with E-state index in [0.717, 1.165) is 39.4 Å². The van der Waals surface area contributed by atoms with E-state index in [2.05, 4.69) is 43.1 Å². The van der Waals surface area contributed by atoms with Crippen molar-refractivity contribution in [3.63, 3.8) is 0 Å². The summed E-state index contributed by atoms with van der Waals surface area (Å²) in [5.41, 5.74) is 7.55. The Morgan fingerprint density at radius 2 is 2.04 bits per heavy atom. The molecule has 27 heavy (non-hydrogen) atoms. The van der Waals surface area contributed by atoms with E-state index in [-0.39, 0.29) is 5.88 Å². The van der Waals surface area contributed by atoms with E-state index in [1.54, 1.807) is 4.57 Å². The van der Waals surface area contributed by atoms with E-state index in [0.29, 0.717) is 3.95 Å². The minimum absolute atomic E-state index is 0.179. The van der Waals surface area contributed by atoms with Crippen molar-refractivity contribution in [2.24, 2.45) is 4.99 Å². The molecule has 2 aromatic carbocycles. The first-order valence-corrected chi connectivity index (χ1v) is 10.1. The topological polar surface area (TPSA) is 37.5 Å². The fourth-order valence-corrected chi connectivity index (χ4v) is 4.75. The van der Waals surface area contributed by atoms with Crippen molar-refractivity contribution >= 4 is 47.1 Å². The number of nitrogens with zero attached hydrogens (tertiary/aromatic N) is 2. The Bertz CT molecular complexity index is 1170. The molecule has 1 aliphatic heterocycles. The Hall–Kier alpha value is -2.50. The van der Waals surface area contributed by atoms with Crippen LogP contribution < -0.4 is 0 Å². The molecule has 5 heteroatoms. The summed E-state index contributed by atoms with van der Waals surface area (Å²) in [5, 5.41) is 10.9. The number of thiazole rings is 1. The standard InChI is InChI=1S/C22H20N2OS2/c1-4-15-6-5-7-17-16(12-23-20(15)17)11-19-21(25)24(22(26)27-19)18-9-8-13(2)10-14(18)3/h5-12,25H,4H2,1-3H3. The molecule has 0 bridgehead atoms. The summed E-state index contributed by atoms with van der Waals surface area (Å²) in [6.45, 7) is 6.22. The van der Waals surface area contributed by atoms with Crippen molar-refractivity contribution in [3.05, 3.63) is 67.5 Å². The van der Waals surface area contributed by atoms with E-state index < -0.39 is 0 Å². The van der Waals surface area contributed by atoms with Gasteiger partial charge in [-0.25, -0.2) is 0 Å². The average Bonchev–Trinajstić information content (AvgIpc) is 3.17. The minimum Gasteiger partial charge on any atom is -0.493 e. The van der Waals surface area contributed by atoms with Crippen LogP contribution in [0.1, 0.15) is 34.1 Å². The van der Waals surface area contributed by atoms with Crippen LogP contribution in [0.5, 0.6) is 5.88 Å². The summed E-state index contributed by atoms with van der Waals surface area (Å²) >= 11 is 6.96. The van der Waals surface area contributed by atoms with Crippen molar-refractivity contribution in [1.82, 2.24) is 4.57 Å². The van der Waals surface area contributed by atoms with Crippen LogP contribution in [0.15, 0.2) is 41.4 Å². The zero-order valence-corrected chi connectivity index (χ0v) is 17.1. The smallest absolute Gasteiger partial charge is 0.215 e. The number of para-hydroxylation sites is 1. The van der Waals surface area contributed by atoms with E-state index in [1.165, 1.54) is 22.5 Å². The van der Waals surface area contributed by atoms with Crippen LogP contribution in [0.25, 0.3) is 17.3 Å². The fraction of sp³-hybridized carbons (Fsp3) is 0.182. The van der Waals surface area contributed by atoms with Gasteiger partial charge in [-0.2, -0.15) is 0 Å². The van der Waals surface area contributed by atoms with Gasteiger partial charge in [0.15, 0.2) is 3.95 Å². The van der Waals surface area contributed by atoms with Crippen LogP contribution in [-0.2, 0) is 6.42 Å². The molecule has 0 fully saturated rings. The predicted molar refractivity (Wildman–Crippen MR) is 117 cm³/mol. The number of allylic oxidation sites excluding steroid dienone is 1. The summed E-state index contributed by atoms with van der Waals surface area (Å²) in [5.74, 6) is 0.179. The molecule has 1 N–H and O–H groups in total. The van der Waals surface area contributed by atoms with Crippen LogP contribution in [0.3, 0.4) is 0 Å². The molecule has 0 aliphatic carbocycles. The summed E-state index contributed by atoms with van der Waals surface area (Å²) in [7, 11) is 0. The third-order valence-corrected chi connectivity index (χ3v) is 6.15. The normalized spacial score (nSPS) is 14.1. The lowest BCUT2D eigenvalue weighted by atomic mass is 10.0. The summed E-state index contributed by atoms with van der Waals surface area (Å²) < 4.78 is 2.38. The van der Waals surface area contributed by atoms with Crippen molar-refractivity contribution < 1.29 is 5.11 Å². The third kappa shape index (κ3) is 3.07. The van der Waals surface area contributed by atoms with Crippen molar-refractivity contribution in [2.75, 3.05) is 0 Å². The number of fused-ring (bicyclic) bond motifs is 1. The van der Waals surface area contributed by atoms with Crippen LogP contribution in [0.2, 0.25) is 0 Å². The lowest BCUT2D eigenvalue weighted by molar-refractivity contribution is 0.441. The maximum atomic E-state index is 10.9. The van der Waals surface area contributed by atoms with Crippen molar-refractivity contribution in [3.8, 4) is 11.6 Å². The maximum Gasteiger partial charge on any atom is 0.215 e. The number of benzene rings is 2. The van der Waals surface area contributed by atoms with Gasteiger partial charge in [0.2, 0.25) is 5.88 Å². The molecule has 1 aromatic heterocycles. The Labute approximate surface area is 168 Å². The van der Waals surface area contributed by atoms with Gasteiger partial charge in [0.05, 0.1) is 16.3 Å². The Morgan fingerprint density at radius 1 is 1.22 bits per heavy atom. The van der Waals surface area contributed by atoms with Gasteiger partial charge in [-0.15, -0.1) is 11.3 Å². The number of hydrogen-bond acceptors (Lipinski definition) is 4. The molecule has 3 nitrogen and oxygen atoms in total. The Balaban J connectivity index is 1.82. The number of aromatic hydroxyl groups is 1. The van der Waals surface area contributed by atoms with Crippen molar-refractivity contribution in [2.45, 2.75) is 27.2 Å². The lowest BCUT2D eigenvalue weighted by Crippen LogP contribution is -1.96. The van der Waals surface area contributed by atoms with Gasteiger partial charge < -0.3 is 5.11 Å². The zero-order chi connectivity index (χ0) is 19.1. The number of aryl methyl sites for hydroxylation is 3. The number of aliphatic imine (C=N–C) groups is 1. The maximum absolute atomic E-state index is 10.9. The largest absolute Gasteiger partial charge is 0.493 e. The first-order valence-electron chi connectivity index (χ1n) is 8.90. The van der Waals surface area contributed by atoms with Gasteiger partial charge in [0.1, 0.15) is 0 Å². The second-order valence-corrected chi connectivity index (χ2v) is 8.38. The highest BCUT2D eigenvalue weighted by atomic mass is 32.1. The van der Waals surface area contributed by atoms with Gasteiger partial charge in [-0.1, -0.05) is 42.8 Å². The van der Waals surface area contributed by atoms with Gasteiger partial charge in [-0.3, -0.25) is 9.56 Å². The molecular formula is C22H20N2OS2. The molecule has 136 valence electrons. The second-order valence-electron chi connectivity index (χ2n) is 6.71. The molecule has 0 unspecified atom stereocenters. The van der Waals surface area contributed by atoms with E-state index >= 15 is 0 Å². The van der Waals surface area contributed by atoms with Gasteiger partial charge in [0, 0.05) is 17.4 Å². The first-order chi connectivity index (χ1) is 13.0. The monoisotopic (exact) mass is 392 g/mol. The van der Waals surface area contributed by atoms with E-state index in [1.807, 2.05) is 31.3 Å². The molecule has 4 rings (SSSR count). The number of aromatic nitrogens is 1. The zero-order valence-electron chi connectivity index (χ0n) is 15.5. The molecule has 0 atom stereocenters. The predicted octanol–water partition coefficient (Wildman–Crippen LogP) is 6.41. The highest BCUT2D eigenvalue weighted by Crippen LogP contribution is 2.39. The van der Waals surface area contributed by atoms with E-state index in [9.17, 15) is 5.11 Å². The van der Waals surface area contributed by atoms with Gasteiger partial charge in [0.25, 0.3) is 0 Å². The average molecular weight is 393 g/mol. The van der Waals surface area contributed by atoms with Crippen LogP contribution in [0, 0.1) is 17.8 Å². The highest BCUT2D eigenvalue weighted by molar-refractivity contribution is 7.73. The summed E-state index contributed by atoms with van der Waals surface area (Å²) in [6, 6.07) is 12.4. The molecule has 1 aliphatic rings. The highest BCUT2D eigenvalue weighted by Gasteiger charge is 2.18. The minimum atomic E-state index is 0.179. The van der Waals surface area contributed by atoms with Crippen LogP contribution in [0.4, 0.5) is 5.69 Å².